The Balaban J connectivity index is 1.61. The van der Waals surface area contributed by atoms with Gasteiger partial charge in [0.1, 0.15) is 0 Å². The highest BCUT2D eigenvalue weighted by Crippen LogP contribution is 2.21. The van der Waals surface area contributed by atoms with Gasteiger partial charge in [-0.15, -0.1) is 0 Å². The minimum Gasteiger partial charge on any atom is -0.326 e. The number of halogens is 1. The molecule has 30 heavy (non-hydrogen) atoms. The Bertz CT molecular complexity index is 1120. The molecular formula is C21H19ClN4O3S. The van der Waals surface area contributed by atoms with E-state index in [1.807, 2.05) is 18.2 Å². The van der Waals surface area contributed by atoms with Gasteiger partial charge in [-0.1, -0.05) is 35.5 Å². The maximum absolute atomic E-state index is 12.3. The molecule has 7 nitrogen and oxygen atoms in total. The van der Waals surface area contributed by atoms with E-state index in [2.05, 4.69) is 20.6 Å². The van der Waals surface area contributed by atoms with Crippen molar-refractivity contribution < 1.29 is 9.59 Å². The lowest BCUT2D eigenvalue weighted by Crippen LogP contribution is -2.18. The maximum Gasteiger partial charge on any atom is 0.251 e. The van der Waals surface area contributed by atoms with Crippen LogP contribution in [0.1, 0.15) is 18.2 Å². The van der Waals surface area contributed by atoms with Gasteiger partial charge in [0.25, 0.3) is 5.56 Å². The zero-order chi connectivity index (χ0) is 21.5. The Kier molecular flexibility index (Phi) is 7.26. The molecule has 0 fully saturated rings. The van der Waals surface area contributed by atoms with Crippen LogP contribution in [-0.2, 0) is 21.8 Å². The summed E-state index contributed by atoms with van der Waals surface area (Å²) in [6.07, 6.45) is -0.0396. The molecule has 0 saturated carbocycles. The van der Waals surface area contributed by atoms with Gasteiger partial charge in [-0.05, 0) is 42.0 Å². The number of thioether (sulfide) groups is 1. The molecule has 0 bridgehead atoms. The third-order valence-corrected chi connectivity index (χ3v) is 5.05. The van der Waals surface area contributed by atoms with Crippen molar-refractivity contribution in [2.45, 2.75) is 24.3 Å². The monoisotopic (exact) mass is 442 g/mol. The summed E-state index contributed by atoms with van der Waals surface area (Å²) in [5, 5.41) is 6.48. The predicted octanol–water partition coefficient (Wildman–Crippen LogP) is 3.86. The van der Waals surface area contributed by atoms with Crippen molar-refractivity contribution in [3.05, 3.63) is 81.2 Å². The SMILES string of the molecule is CC(=O)Nc1ccc(NC(=O)Cc2cc(=O)[nH]c(SCc3cccc(Cl)c3)n2)cc1. The summed E-state index contributed by atoms with van der Waals surface area (Å²) in [6, 6.07) is 15.5. The standard InChI is InChI=1S/C21H19ClN4O3S/c1-13(27)23-16-5-7-17(8-6-16)24-19(28)10-18-11-20(29)26-21(25-18)30-12-14-3-2-4-15(22)9-14/h2-9,11H,10,12H2,1H3,(H,23,27)(H,24,28)(H,25,26,29). The molecule has 0 spiro atoms. The molecule has 0 radical (unpaired) electrons. The molecule has 3 N–H and O–H groups in total. The molecule has 0 aliphatic carbocycles. The zero-order valence-corrected chi connectivity index (χ0v) is 17.6. The number of aromatic amines is 1. The van der Waals surface area contributed by atoms with Gasteiger partial charge in [-0.25, -0.2) is 4.98 Å². The Labute approximate surface area is 182 Å². The first-order valence-electron chi connectivity index (χ1n) is 9.02. The fourth-order valence-corrected chi connectivity index (χ4v) is 3.68. The number of H-pyrrole nitrogens is 1. The van der Waals surface area contributed by atoms with E-state index in [1.54, 1.807) is 30.3 Å². The number of carbonyl (C=O) groups is 2. The number of anilines is 2. The summed E-state index contributed by atoms with van der Waals surface area (Å²) in [5.74, 6) is 0.113. The first-order chi connectivity index (χ1) is 14.4. The summed E-state index contributed by atoms with van der Waals surface area (Å²) >= 11 is 7.34. The Morgan fingerprint density at radius 3 is 2.43 bits per heavy atom. The lowest BCUT2D eigenvalue weighted by Gasteiger charge is -2.08. The van der Waals surface area contributed by atoms with Crippen LogP contribution < -0.4 is 16.2 Å². The number of rotatable bonds is 7. The molecule has 3 rings (SSSR count). The van der Waals surface area contributed by atoms with Crippen LogP contribution in [0.2, 0.25) is 5.02 Å². The van der Waals surface area contributed by atoms with Crippen LogP contribution in [0, 0.1) is 0 Å². The van der Waals surface area contributed by atoms with Crippen LogP contribution in [0.3, 0.4) is 0 Å². The highest BCUT2D eigenvalue weighted by molar-refractivity contribution is 7.98. The van der Waals surface area contributed by atoms with Crippen LogP contribution in [0.25, 0.3) is 0 Å². The zero-order valence-electron chi connectivity index (χ0n) is 16.1. The molecule has 9 heteroatoms. The van der Waals surface area contributed by atoms with Gasteiger partial charge in [0.05, 0.1) is 12.1 Å². The van der Waals surface area contributed by atoms with Crippen molar-refractivity contribution in [3.8, 4) is 0 Å². The van der Waals surface area contributed by atoms with E-state index in [4.69, 9.17) is 11.6 Å². The quantitative estimate of drug-likeness (QED) is 0.381. The Morgan fingerprint density at radius 1 is 1.07 bits per heavy atom. The van der Waals surface area contributed by atoms with Gasteiger partial charge in [0.15, 0.2) is 5.16 Å². The number of hydrogen-bond acceptors (Lipinski definition) is 5. The molecule has 3 aromatic rings. The van der Waals surface area contributed by atoms with E-state index in [9.17, 15) is 14.4 Å². The fourth-order valence-electron chi connectivity index (χ4n) is 2.63. The summed E-state index contributed by atoms with van der Waals surface area (Å²) in [4.78, 5) is 42.4. The largest absolute Gasteiger partial charge is 0.326 e. The van der Waals surface area contributed by atoms with E-state index in [0.717, 1.165) is 5.56 Å². The molecule has 0 aliphatic heterocycles. The third-order valence-electron chi connectivity index (χ3n) is 3.87. The normalized spacial score (nSPS) is 10.5. The van der Waals surface area contributed by atoms with E-state index in [0.29, 0.717) is 33.0 Å². The molecule has 2 aromatic carbocycles. The lowest BCUT2D eigenvalue weighted by molar-refractivity contribution is -0.116. The number of aromatic nitrogens is 2. The van der Waals surface area contributed by atoms with Crippen molar-refractivity contribution in [1.29, 1.82) is 0 Å². The molecule has 0 aliphatic rings. The highest BCUT2D eigenvalue weighted by atomic mass is 35.5. The third kappa shape index (κ3) is 6.75. The number of hydrogen-bond donors (Lipinski definition) is 3. The van der Waals surface area contributed by atoms with Gasteiger partial charge in [0, 0.05) is 35.1 Å². The van der Waals surface area contributed by atoms with E-state index in [-0.39, 0.29) is 23.8 Å². The summed E-state index contributed by atoms with van der Waals surface area (Å²) in [6.45, 7) is 1.42. The van der Waals surface area contributed by atoms with Gasteiger partial charge < -0.3 is 15.6 Å². The average Bonchev–Trinajstić information content (AvgIpc) is 2.67. The Hall–Kier alpha value is -3.10. The number of carbonyl (C=O) groups excluding carboxylic acids is 2. The van der Waals surface area contributed by atoms with Crippen molar-refractivity contribution >= 4 is 46.6 Å². The Morgan fingerprint density at radius 2 is 1.77 bits per heavy atom. The molecule has 154 valence electrons. The van der Waals surface area contributed by atoms with Crippen LogP contribution in [0.15, 0.2) is 64.5 Å². The minimum absolute atomic E-state index is 0.0396. The molecule has 0 saturated heterocycles. The number of nitrogens with one attached hydrogen (secondary N) is 3. The molecule has 1 heterocycles. The molecular weight excluding hydrogens is 424 g/mol. The number of amides is 2. The van der Waals surface area contributed by atoms with Crippen LogP contribution >= 0.6 is 23.4 Å². The van der Waals surface area contributed by atoms with Gasteiger partial charge >= 0.3 is 0 Å². The fraction of sp³-hybridized carbons (Fsp3) is 0.143. The van der Waals surface area contributed by atoms with Crippen molar-refractivity contribution in [2.75, 3.05) is 10.6 Å². The van der Waals surface area contributed by atoms with E-state index >= 15 is 0 Å². The predicted molar refractivity (Wildman–Crippen MR) is 119 cm³/mol. The highest BCUT2D eigenvalue weighted by Gasteiger charge is 2.09. The van der Waals surface area contributed by atoms with Crippen molar-refractivity contribution in [1.82, 2.24) is 9.97 Å². The van der Waals surface area contributed by atoms with Crippen molar-refractivity contribution in [2.24, 2.45) is 0 Å². The number of nitrogens with zero attached hydrogens (tertiary/aromatic N) is 1. The first-order valence-corrected chi connectivity index (χ1v) is 10.4. The van der Waals surface area contributed by atoms with Gasteiger partial charge in [-0.3, -0.25) is 14.4 Å². The summed E-state index contributed by atoms with van der Waals surface area (Å²) < 4.78 is 0. The first kappa shape index (κ1) is 21.6. The average molecular weight is 443 g/mol. The van der Waals surface area contributed by atoms with Crippen molar-refractivity contribution in [3.63, 3.8) is 0 Å². The minimum atomic E-state index is -0.318. The molecule has 0 atom stereocenters. The second kappa shape index (κ2) is 10.1. The van der Waals surface area contributed by atoms with Crippen LogP contribution in [0.5, 0.6) is 0 Å². The van der Waals surface area contributed by atoms with Crippen LogP contribution in [0.4, 0.5) is 11.4 Å². The van der Waals surface area contributed by atoms with E-state index in [1.165, 1.54) is 24.8 Å². The maximum atomic E-state index is 12.3. The summed E-state index contributed by atoms with van der Waals surface area (Å²) in [7, 11) is 0. The smallest absolute Gasteiger partial charge is 0.251 e. The van der Waals surface area contributed by atoms with Gasteiger partial charge in [0.2, 0.25) is 11.8 Å². The molecule has 0 unspecified atom stereocenters. The topological polar surface area (TPSA) is 104 Å². The molecule has 2 amide bonds. The number of benzene rings is 2. The van der Waals surface area contributed by atoms with Gasteiger partial charge in [-0.2, -0.15) is 0 Å². The van der Waals surface area contributed by atoms with Crippen LogP contribution in [-0.4, -0.2) is 21.8 Å². The summed E-state index contributed by atoms with van der Waals surface area (Å²) in [5.41, 5.74) is 2.27. The van der Waals surface area contributed by atoms with E-state index < -0.39 is 0 Å². The second-order valence-electron chi connectivity index (χ2n) is 6.44. The molecule has 1 aromatic heterocycles. The second-order valence-corrected chi connectivity index (χ2v) is 7.84. The lowest BCUT2D eigenvalue weighted by atomic mass is 10.2.